The lowest BCUT2D eigenvalue weighted by Crippen LogP contribution is -2.99. The van der Waals surface area contributed by atoms with E-state index in [2.05, 4.69) is 0 Å². The average molecular weight is 504 g/mol. The molecule has 1 unspecified atom stereocenters. The number of esters is 1. The number of carbonyl (C=O) groups excluding carboxylic acids is 1. The fourth-order valence-corrected chi connectivity index (χ4v) is 5.15. The van der Waals surface area contributed by atoms with E-state index in [0.29, 0.717) is 12.1 Å². The van der Waals surface area contributed by atoms with Gasteiger partial charge in [0.2, 0.25) is 5.84 Å². The van der Waals surface area contributed by atoms with E-state index in [4.69, 9.17) is 14.8 Å². The van der Waals surface area contributed by atoms with Crippen LogP contribution in [0.25, 0.3) is 0 Å². The predicted molar refractivity (Wildman–Crippen MR) is 141 cm³/mol. The van der Waals surface area contributed by atoms with E-state index in [1.54, 1.807) is 35.8 Å². The van der Waals surface area contributed by atoms with Crippen molar-refractivity contribution >= 4 is 51.4 Å². The van der Waals surface area contributed by atoms with Crippen molar-refractivity contribution in [2.75, 3.05) is 22.8 Å². The van der Waals surface area contributed by atoms with Crippen LogP contribution >= 0.6 is 11.8 Å². The number of ether oxygens (including phenoxy) is 1. The number of amidine groups is 1. The normalized spacial score (nSPS) is 19.6. The lowest BCUT2D eigenvalue weighted by Gasteiger charge is -2.44. The molecule has 184 valence electrons. The number of para-hydroxylation sites is 2. The minimum absolute atomic E-state index is 0.132. The number of hydrazone groups is 1. The first kappa shape index (κ1) is 24.0. The Bertz CT molecular complexity index is 1330. The zero-order valence-electron chi connectivity index (χ0n) is 19.8. The Morgan fingerprint density at radius 1 is 1.11 bits per heavy atom. The van der Waals surface area contributed by atoms with Gasteiger partial charge in [-0.05, 0) is 37.4 Å². The summed E-state index contributed by atoms with van der Waals surface area (Å²) in [5, 5.41) is 27.4. The van der Waals surface area contributed by atoms with E-state index < -0.39 is 16.9 Å². The number of hydrogen-bond donors (Lipinski definition) is 2. The fraction of sp³-hybridized carbons (Fsp3) is 0.192. The molecule has 10 heteroatoms. The van der Waals surface area contributed by atoms with E-state index in [-0.39, 0.29) is 18.1 Å². The van der Waals surface area contributed by atoms with Crippen molar-refractivity contribution in [2.24, 2.45) is 10.1 Å². The quantitative estimate of drug-likeness (QED) is 0.401. The average Bonchev–Trinajstić information content (AvgIpc) is 3.16. The number of quaternary nitrogens is 1. The lowest BCUT2D eigenvalue weighted by molar-refractivity contribution is -0.991. The van der Waals surface area contributed by atoms with Crippen LogP contribution in [0.4, 0.5) is 22.7 Å². The molecule has 0 aliphatic carbocycles. The monoisotopic (exact) mass is 503 g/mol. The van der Waals surface area contributed by atoms with Gasteiger partial charge in [0.1, 0.15) is 0 Å². The molecule has 0 spiro atoms. The van der Waals surface area contributed by atoms with E-state index in [1.165, 1.54) is 12.1 Å². The maximum absolute atomic E-state index is 13.3. The topological polar surface area (TPSA) is 105 Å². The van der Waals surface area contributed by atoms with E-state index in [0.717, 1.165) is 22.0 Å². The van der Waals surface area contributed by atoms with Crippen molar-refractivity contribution in [2.45, 2.75) is 19.0 Å². The van der Waals surface area contributed by atoms with Crippen LogP contribution in [0.1, 0.15) is 18.9 Å². The van der Waals surface area contributed by atoms with E-state index >= 15 is 0 Å². The summed E-state index contributed by atoms with van der Waals surface area (Å²) in [5.74, 6) is -0.419. The fourth-order valence-electron chi connectivity index (χ4n) is 4.61. The van der Waals surface area contributed by atoms with Crippen LogP contribution in [0.3, 0.4) is 0 Å². The van der Waals surface area contributed by atoms with Gasteiger partial charge in [-0.2, -0.15) is 5.23 Å². The molecule has 0 amide bonds. The smallest absolute Gasteiger partial charge is 0.376 e. The molecule has 0 aromatic heterocycles. The third kappa shape index (κ3) is 3.94. The van der Waals surface area contributed by atoms with Gasteiger partial charge in [0, 0.05) is 24.1 Å². The Hall–Kier alpha value is -3.70. The highest BCUT2D eigenvalue weighted by atomic mass is 32.2. The Labute approximate surface area is 212 Å². The molecule has 2 N–H and O–H groups in total. The number of carbonyl (C=O) groups is 1. The largest absolute Gasteiger partial charge is 0.595 e. The molecule has 2 atom stereocenters. The van der Waals surface area contributed by atoms with Crippen molar-refractivity contribution in [1.82, 2.24) is 0 Å². The maximum atomic E-state index is 13.3. The molecule has 36 heavy (non-hydrogen) atoms. The number of thioether (sulfide) groups is 1. The first-order valence-corrected chi connectivity index (χ1v) is 12.7. The van der Waals surface area contributed by atoms with Crippen LogP contribution in [0.5, 0.6) is 0 Å². The first-order valence-electron chi connectivity index (χ1n) is 11.4. The number of benzene rings is 3. The van der Waals surface area contributed by atoms with Crippen molar-refractivity contribution in [3.8, 4) is 0 Å². The van der Waals surface area contributed by atoms with Gasteiger partial charge < -0.3 is 9.94 Å². The predicted octanol–water partition coefficient (Wildman–Crippen LogP) is 3.94. The third-order valence-electron chi connectivity index (χ3n) is 6.18. The highest BCUT2D eigenvalue weighted by molar-refractivity contribution is 8.13. The molecule has 2 heterocycles. The van der Waals surface area contributed by atoms with Gasteiger partial charge in [0.15, 0.2) is 11.4 Å². The molecular formula is C26H25N5O4S. The van der Waals surface area contributed by atoms with Gasteiger partial charge in [-0.3, -0.25) is 4.90 Å². The van der Waals surface area contributed by atoms with Gasteiger partial charge in [0.25, 0.3) is 0 Å². The highest BCUT2D eigenvalue weighted by Gasteiger charge is 2.55. The second-order valence-corrected chi connectivity index (χ2v) is 9.08. The molecule has 3 aromatic rings. The van der Waals surface area contributed by atoms with Crippen molar-refractivity contribution in [3.63, 3.8) is 0 Å². The molecule has 0 fully saturated rings. The zero-order valence-corrected chi connectivity index (χ0v) is 20.6. The van der Waals surface area contributed by atoms with Crippen molar-refractivity contribution in [3.05, 3.63) is 89.6 Å². The molecule has 0 bridgehead atoms. The summed E-state index contributed by atoms with van der Waals surface area (Å²) in [7, 11) is 0. The van der Waals surface area contributed by atoms with Crippen LogP contribution in [0.2, 0.25) is 0 Å². The molecule has 0 radical (unpaired) electrons. The van der Waals surface area contributed by atoms with Crippen LogP contribution in [0, 0.1) is 5.21 Å². The minimum atomic E-state index is -1.02. The van der Waals surface area contributed by atoms with Gasteiger partial charge in [0.05, 0.1) is 28.7 Å². The molecule has 2 aliphatic heterocycles. The van der Waals surface area contributed by atoms with Gasteiger partial charge in [-0.15, -0.1) is 16.9 Å². The van der Waals surface area contributed by atoms with Crippen LogP contribution in [0.15, 0.2) is 89.0 Å². The molecular weight excluding hydrogens is 478 g/mol. The Morgan fingerprint density at radius 2 is 1.81 bits per heavy atom. The van der Waals surface area contributed by atoms with E-state index in [9.17, 15) is 15.2 Å². The molecule has 0 saturated carbocycles. The van der Waals surface area contributed by atoms with Gasteiger partial charge >= 0.3 is 5.97 Å². The highest BCUT2D eigenvalue weighted by Crippen LogP contribution is 2.51. The van der Waals surface area contributed by atoms with Crippen LogP contribution in [-0.4, -0.2) is 34.9 Å². The van der Waals surface area contributed by atoms with Gasteiger partial charge in [-0.1, -0.05) is 42.5 Å². The summed E-state index contributed by atoms with van der Waals surface area (Å²) in [6, 6.07) is 24.0. The maximum Gasteiger partial charge on any atom is 0.376 e. The number of aliphatic imine (C=N–C) groups is 1. The van der Waals surface area contributed by atoms with Crippen molar-refractivity contribution in [1.29, 1.82) is 0 Å². The van der Waals surface area contributed by atoms with Crippen molar-refractivity contribution < 1.29 is 20.0 Å². The summed E-state index contributed by atoms with van der Waals surface area (Å²) in [6.45, 7) is 1.96. The first-order chi connectivity index (χ1) is 17.5. The van der Waals surface area contributed by atoms with Crippen LogP contribution < -0.4 is 15.1 Å². The third-order valence-corrected chi connectivity index (χ3v) is 6.89. The van der Waals surface area contributed by atoms with Crippen LogP contribution in [-0.2, 0) is 15.2 Å². The number of rotatable bonds is 5. The Morgan fingerprint density at radius 3 is 2.47 bits per heavy atom. The number of fused-ring (bicyclic) bond motifs is 3. The molecule has 5 rings (SSSR count). The summed E-state index contributed by atoms with van der Waals surface area (Å²) >= 11 is 1.54. The van der Waals surface area contributed by atoms with Gasteiger partial charge in [-0.25, -0.2) is 20.0 Å². The second kappa shape index (κ2) is 9.75. The number of anilines is 2. The summed E-state index contributed by atoms with van der Waals surface area (Å²) in [6.07, 6.45) is 2.39. The summed E-state index contributed by atoms with van der Waals surface area (Å²) < 4.78 is 5.44. The summed E-state index contributed by atoms with van der Waals surface area (Å²) in [4.78, 5) is 20.2. The molecule has 3 aromatic carbocycles. The molecule has 9 nitrogen and oxygen atoms in total. The molecule has 0 saturated heterocycles. The Balaban J connectivity index is 1.81. The minimum Gasteiger partial charge on any atom is -0.595 e. The zero-order chi connectivity index (χ0) is 25.3. The summed E-state index contributed by atoms with van der Waals surface area (Å²) in [5.41, 5.74) is 2.14. The van der Waals surface area contributed by atoms with E-state index in [1.807, 2.05) is 65.8 Å². The number of nitrogens with one attached hydrogen (secondary N) is 1. The number of nitrogens with zero attached hydrogens (tertiary/aromatic N) is 4. The SMILES string of the molecule is CCOC(=O)C1=NN(c2ccc([NH+]([O-])O)cc2)[C@]2(c3ccccc3)CC(SC)=Nc3ccccc3N12. The standard InChI is InChI=1S/C26H25N5O4S/c1-3-35-25(32)24-28-30(19-13-15-20(16-14-19)31(33)34)26(18-9-5-4-6-10-18)17-23(36-2)27-21-11-7-8-12-22(21)29(24)26/h4-16,31,33H,3,17H2,1-2H3/t26-/m0/s1. The second-order valence-electron chi connectivity index (χ2n) is 8.20. The Kier molecular flexibility index (Phi) is 6.50. The molecule has 2 aliphatic rings. The lowest BCUT2D eigenvalue weighted by atomic mass is 9.92. The number of hydrogen-bond acceptors (Lipinski definition) is 9.